The topological polar surface area (TPSA) is 13.0 Å². The monoisotopic (exact) mass is 294 g/mol. The average molecular weight is 294 g/mol. The maximum Gasteiger partial charge on any atom is 0.0224 e. The molecule has 6 saturated heterocycles. The fourth-order valence-electron chi connectivity index (χ4n) is 4.15. The zero-order valence-electron chi connectivity index (χ0n) is 14.0. The highest BCUT2D eigenvalue weighted by Gasteiger charge is 2.30. The molecule has 0 aromatic carbocycles. The Hall–Kier alpha value is -0.160. The molecule has 6 heterocycles. The molecule has 0 amide bonds. The first kappa shape index (κ1) is 15.7. The summed E-state index contributed by atoms with van der Waals surface area (Å²) in [7, 11) is 0. The highest BCUT2D eigenvalue weighted by atomic mass is 15.3. The van der Waals surface area contributed by atoms with E-state index in [9.17, 15) is 0 Å². The van der Waals surface area contributed by atoms with Crippen molar-refractivity contribution in [3.8, 4) is 0 Å². The minimum Gasteiger partial charge on any atom is -0.300 e. The quantitative estimate of drug-likeness (QED) is 0.722. The molecule has 1 atom stereocenters. The summed E-state index contributed by atoms with van der Waals surface area (Å²) in [6, 6.07) is 0.897. The molecule has 1 unspecified atom stereocenters. The number of hydrogen-bond donors (Lipinski definition) is 0. The number of rotatable bonds is 4. The second-order valence-corrected chi connectivity index (χ2v) is 7.17. The van der Waals surface area contributed by atoms with Crippen LogP contribution in [-0.4, -0.2) is 97.6 Å². The molecule has 21 heavy (non-hydrogen) atoms. The van der Waals surface area contributed by atoms with Gasteiger partial charge in [0, 0.05) is 78.0 Å². The lowest BCUT2D eigenvalue weighted by molar-refractivity contribution is 0.00890. The summed E-state index contributed by atoms with van der Waals surface area (Å²) in [4.78, 5) is 10.4. The van der Waals surface area contributed by atoms with E-state index in [1.807, 2.05) is 0 Å². The van der Waals surface area contributed by atoms with Crippen LogP contribution < -0.4 is 0 Å². The first-order chi connectivity index (χ1) is 10.3. The Morgan fingerprint density at radius 3 is 1.57 bits per heavy atom. The highest BCUT2D eigenvalue weighted by molar-refractivity contribution is 4.87. The van der Waals surface area contributed by atoms with Crippen LogP contribution in [-0.2, 0) is 0 Å². The molecular weight excluding hydrogens is 260 g/mol. The number of piperazine rings is 6. The Labute approximate surface area is 131 Å². The number of unbranched alkanes of at least 4 members (excludes halogenated alkanes) is 2. The summed E-state index contributed by atoms with van der Waals surface area (Å²) < 4.78 is 0. The Morgan fingerprint density at radius 1 is 0.667 bits per heavy atom. The molecule has 122 valence electrons. The molecule has 0 N–H and O–H groups in total. The van der Waals surface area contributed by atoms with Crippen molar-refractivity contribution in [1.29, 1.82) is 0 Å². The molecule has 4 heteroatoms. The third kappa shape index (κ3) is 4.41. The summed E-state index contributed by atoms with van der Waals surface area (Å²) >= 11 is 0. The van der Waals surface area contributed by atoms with Gasteiger partial charge in [-0.2, -0.15) is 0 Å². The Balaban J connectivity index is 0.000000140. The molecule has 0 spiro atoms. The van der Waals surface area contributed by atoms with Crippen molar-refractivity contribution in [2.24, 2.45) is 0 Å². The summed E-state index contributed by atoms with van der Waals surface area (Å²) in [5.41, 5.74) is 0. The van der Waals surface area contributed by atoms with Gasteiger partial charge < -0.3 is 0 Å². The third-order valence-corrected chi connectivity index (χ3v) is 5.73. The van der Waals surface area contributed by atoms with Crippen molar-refractivity contribution >= 4 is 0 Å². The Bertz CT molecular complexity index is 270. The van der Waals surface area contributed by atoms with Crippen molar-refractivity contribution in [1.82, 2.24) is 19.6 Å². The molecule has 6 aliphatic rings. The van der Waals surface area contributed by atoms with Gasteiger partial charge in [-0.25, -0.2) is 0 Å². The van der Waals surface area contributed by atoms with E-state index in [0.717, 1.165) is 6.04 Å². The van der Waals surface area contributed by atoms with E-state index in [0.29, 0.717) is 0 Å². The lowest BCUT2D eigenvalue weighted by Gasteiger charge is -2.47. The standard InChI is InChI=1S/C11H22N2.C6H12N2/c1-2-3-4-5-11-10-12-6-8-13(11)9-7-12;1-2-8-5-3-7(1)4-6-8/h11H,2-10H2,1H3;1-6H2. The van der Waals surface area contributed by atoms with E-state index in [2.05, 4.69) is 26.5 Å². The predicted octanol–water partition coefficient (Wildman–Crippen LogP) is 1.18. The first-order valence-corrected chi connectivity index (χ1v) is 9.26. The van der Waals surface area contributed by atoms with Crippen LogP contribution in [0.2, 0.25) is 0 Å². The second-order valence-electron chi connectivity index (χ2n) is 7.17. The van der Waals surface area contributed by atoms with Crippen LogP contribution in [0, 0.1) is 0 Å². The molecule has 0 radical (unpaired) electrons. The fourth-order valence-corrected chi connectivity index (χ4v) is 4.15. The summed E-state index contributed by atoms with van der Waals surface area (Å²) in [5.74, 6) is 0. The molecule has 0 aromatic heterocycles. The largest absolute Gasteiger partial charge is 0.300 e. The van der Waals surface area contributed by atoms with Gasteiger partial charge >= 0.3 is 0 Å². The molecule has 0 saturated carbocycles. The van der Waals surface area contributed by atoms with Crippen molar-refractivity contribution in [2.45, 2.75) is 38.6 Å². The van der Waals surface area contributed by atoms with Crippen molar-refractivity contribution in [3.63, 3.8) is 0 Å². The molecule has 0 aliphatic carbocycles. The third-order valence-electron chi connectivity index (χ3n) is 5.73. The Morgan fingerprint density at radius 2 is 1.19 bits per heavy atom. The van der Waals surface area contributed by atoms with Gasteiger partial charge in [0.2, 0.25) is 0 Å². The number of hydrogen-bond acceptors (Lipinski definition) is 4. The van der Waals surface area contributed by atoms with E-state index >= 15 is 0 Å². The molecule has 6 rings (SSSR count). The summed E-state index contributed by atoms with van der Waals surface area (Å²) in [6.45, 7) is 16.9. The van der Waals surface area contributed by atoms with Gasteiger partial charge in [-0.05, 0) is 6.42 Å². The first-order valence-electron chi connectivity index (χ1n) is 9.26. The minimum atomic E-state index is 0.897. The van der Waals surface area contributed by atoms with Crippen LogP contribution in [0.4, 0.5) is 0 Å². The van der Waals surface area contributed by atoms with Crippen molar-refractivity contribution in [2.75, 3.05) is 72.0 Å². The van der Waals surface area contributed by atoms with Crippen LogP contribution in [0.3, 0.4) is 0 Å². The molecule has 4 bridgehead atoms. The summed E-state index contributed by atoms with van der Waals surface area (Å²) in [6.07, 6.45) is 5.65. The average Bonchev–Trinajstić information content (AvgIpc) is 2.59. The van der Waals surface area contributed by atoms with Crippen molar-refractivity contribution in [3.05, 3.63) is 0 Å². The van der Waals surface area contributed by atoms with Crippen molar-refractivity contribution < 1.29 is 0 Å². The molecular formula is C17H34N4. The molecule has 6 aliphatic heterocycles. The molecule has 4 nitrogen and oxygen atoms in total. The van der Waals surface area contributed by atoms with Crippen LogP contribution >= 0.6 is 0 Å². The fraction of sp³-hybridized carbons (Fsp3) is 1.00. The van der Waals surface area contributed by atoms with Crippen LogP contribution in [0.25, 0.3) is 0 Å². The normalized spacial score (nSPS) is 40.7. The van der Waals surface area contributed by atoms with E-state index in [-0.39, 0.29) is 0 Å². The lowest BCUT2D eigenvalue weighted by atomic mass is 10.0. The molecule has 0 aromatic rings. The number of fused-ring (bicyclic) bond motifs is 6. The van der Waals surface area contributed by atoms with Crippen LogP contribution in [0.1, 0.15) is 32.6 Å². The Kier molecular flexibility index (Phi) is 5.92. The van der Waals surface area contributed by atoms with Gasteiger partial charge in [-0.3, -0.25) is 19.6 Å². The number of nitrogens with zero attached hydrogens (tertiary/aromatic N) is 4. The van der Waals surface area contributed by atoms with E-state index < -0.39 is 0 Å². The SMILES string of the molecule is C1CN2CCN1CC2.CCCCCC1CN2CCN1CC2. The highest BCUT2D eigenvalue weighted by Crippen LogP contribution is 2.19. The van der Waals surface area contributed by atoms with Gasteiger partial charge in [0.25, 0.3) is 0 Å². The maximum absolute atomic E-state index is 2.70. The molecule has 6 fully saturated rings. The van der Waals surface area contributed by atoms with Gasteiger partial charge in [-0.15, -0.1) is 0 Å². The van der Waals surface area contributed by atoms with E-state index in [4.69, 9.17) is 0 Å². The van der Waals surface area contributed by atoms with Crippen LogP contribution in [0.5, 0.6) is 0 Å². The van der Waals surface area contributed by atoms with Gasteiger partial charge in [-0.1, -0.05) is 26.2 Å². The zero-order chi connectivity index (χ0) is 14.5. The van der Waals surface area contributed by atoms with E-state index in [1.54, 1.807) is 0 Å². The zero-order valence-corrected chi connectivity index (χ0v) is 14.0. The lowest BCUT2D eigenvalue weighted by Crippen LogP contribution is -2.60. The second kappa shape index (κ2) is 7.91. The van der Waals surface area contributed by atoms with Gasteiger partial charge in [0.05, 0.1) is 0 Å². The van der Waals surface area contributed by atoms with Gasteiger partial charge in [0.15, 0.2) is 0 Å². The smallest absolute Gasteiger partial charge is 0.0224 e. The summed E-state index contributed by atoms with van der Waals surface area (Å²) in [5, 5.41) is 0. The maximum atomic E-state index is 2.70. The predicted molar refractivity (Wildman–Crippen MR) is 88.8 cm³/mol. The van der Waals surface area contributed by atoms with E-state index in [1.165, 1.54) is 97.7 Å². The van der Waals surface area contributed by atoms with Crippen LogP contribution in [0.15, 0.2) is 0 Å². The minimum absolute atomic E-state index is 0.897. The van der Waals surface area contributed by atoms with Gasteiger partial charge in [0.1, 0.15) is 0 Å².